The van der Waals surface area contributed by atoms with Crippen molar-refractivity contribution in [1.29, 1.82) is 0 Å². The molecule has 0 aliphatic rings. The fraction of sp³-hybridized carbons (Fsp3) is 0. The van der Waals surface area contributed by atoms with Crippen molar-refractivity contribution in [3.63, 3.8) is 0 Å². The summed E-state index contributed by atoms with van der Waals surface area (Å²) in [6.07, 6.45) is 0. The Morgan fingerprint density at radius 2 is 1.04 bits per heavy atom. The molecule has 0 fully saturated rings. The second-order valence-corrected chi connectivity index (χ2v) is 11.4. The van der Waals surface area contributed by atoms with E-state index in [4.69, 9.17) is 38.6 Å². The Bertz CT molecular complexity index is 4210. The second kappa shape index (κ2) is 10.7. The summed E-state index contributed by atoms with van der Waals surface area (Å²) < 4.78 is 186. The molecule has 0 N–H and O–H groups in total. The van der Waals surface area contributed by atoms with Crippen LogP contribution in [0.15, 0.2) is 168 Å². The number of hydrogen-bond donors (Lipinski definition) is 0. The van der Waals surface area contributed by atoms with Crippen molar-refractivity contribution in [2.75, 3.05) is 0 Å². The van der Waals surface area contributed by atoms with Gasteiger partial charge in [0.1, 0.15) is 11.2 Å². The lowest BCUT2D eigenvalue weighted by Crippen LogP contribution is -2.10. The maximum absolute atomic E-state index is 9.45. The Labute approximate surface area is 319 Å². The van der Waals surface area contributed by atoms with Crippen LogP contribution in [0.2, 0.25) is 0 Å². The van der Waals surface area contributed by atoms with Crippen molar-refractivity contribution in [2.24, 2.45) is 0 Å². The zero-order valence-electron chi connectivity index (χ0n) is 45.7. The number of furan rings is 1. The molecule has 6 heteroatoms. The molecule has 0 saturated carbocycles. The zero-order chi connectivity index (χ0) is 50.9. The molecule has 0 aliphatic carbocycles. The van der Waals surface area contributed by atoms with Crippen molar-refractivity contribution in [3.8, 4) is 34.4 Å². The standard InChI is InChI=1S/C45H27N5O/c1-2-13-28(14-3-1)30-19-12-23-39-42(30)35-18-6-10-22-38(35)50(39)45-47-43(29-25-26-34-33-17-7-11-24-40(33)51-41(34)27-29)46-44(48-45)49-36-20-8-4-15-31(36)32-16-5-9-21-37(32)49/h1-27H/i1D,2D,3D,4D,5D,6D,8D,9D,10D,12D,13D,14D,15D,16D,18D,19D,20D,21D,22D,23D. The second-order valence-electron chi connectivity index (χ2n) is 11.4. The van der Waals surface area contributed by atoms with Crippen LogP contribution in [0.3, 0.4) is 0 Å². The van der Waals surface area contributed by atoms with Crippen LogP contribution in [-0.2, 0) is 0 Å². The van der Waals surface area contributed by atoms with Crippen LogP contribution in [0.4, 0.5) is 0 Å². The molecule has 0 bridgehead atoms. The minimum Gasteiger partial charge on any atom is -0.456 e. The van der Waals surface area contributed by atoms with E-state index in [1.54, 1.807) is 30.3 Å². The predicted octanol–water partition coefficient (Wildman–Crippen LogP) is 11.3. The molecular weight excluding hydrogens is 627 g/mol. The van der Waals surface area contributed by atoms with Gasteiger partial charge in [0.05, 0.1) is 49.5 Å². The van der Waals surface area contributed by atoms with Gasteiger partial charge >= 0.3 is 0 Å². The Morgan fingerprint density at radius 1 is 0.451 bits per heavy atom. The Balaban J connectivity index is 1.39. The van der Waals surface area contributed by atoms with Gasteiger partial charge in [-0.3, -0.25) is 9.13 Å². The summed E-state index contributed by atoms with van der Waals surface area (Å²) in [5, 5.41) is -0.0490. The smallest absolute Gasteiger partial charge is 0.240 e. The normalized spacial score (nSPS) is 17.4. The summed E-state index contributed by atoms with van der Waals surface area (Å²) in [5.41, 5.74) is -1.85. The van der Waals surface area contributed by atoms with Gasteiger partial charge in [-0.25, -0.2) is 0 Å². The highest BCUT2D eigenvalue weighted by Crippen LogP contribution is 2.39. The molecule has 0 unspecified atom stereocenters. The maximum atomic E-state index is 9.45. The topological polar surface area (TPSA) is 61.7 Å². The predicted molar refractivity (Wildman–Crippen MR) is 207 cm³/mol. The van der Waals surface area contributed by atoms with Gasteiger partial charge in [-0.1, -0.05) is 121 Å². The molecule has 51 heavy (non-hydrogen) atoms. The van der Waals surface area contributed by atoms with Crippen LogP contribution in [0.25, 0.3) is 100.0 Å². The van der Waals surface area contributed by atoms with Crippen molar-refractivity contribution < 1.29 is 31.8 Å². The molecule has 0 saturated heterocycles. The van der Waals surface area contributed by atoms with Crippen molar-refractivity contribution in [1.82, 2.24) is 24.1 Å². The average molecular weight is 674 g/mol. The fourth-order valence-electron chi connectivity index (χ4n) is 6.51. The largest absolute Gasteiger partial charge is 0.456 e. The lowest BCUT2D eigenvalue weighted by atomic mass is 9.99. The van der Waals surface area contributed by atoms with E-state index in [0.29, 0.717) is 16.6 Å². The SMILES string of the molecule is [2H]c1c([2H])c([2H])c(-c2c([2H])c([2H])c([2H])c3c2c2c([2H])c([2H])c([2H])c([2H])c2n3-c2nc(-c3ccc4c(c3)oc3ccccc34)nc(-n3c4c([2H])c([2H])c([2H])c([2H])c4c4c([2H])c([2H])c([2H])c([2H])c43)n2)c([2H])c1[2H]. The van der Waals surface area contributed by atoms with Crippen molar-refractivity contribution >= 4 is 65.6 Å². The molecule has 6 nitrogen and oxygen atoms in total. The molecule has 4 heterocycles. The van der Waals surface area contributed by atoms with Gasteiger partial charge in [0.2, 0.25) is 11.9 Å². The summed E-state index contributed by atoms with van der Waals surface area (Å²) in [7, 11) is 0. The number of aromatic nitrogens is 5. The van der Waals surface area contributed by atoms with Gasteiger partial charge in [0.25, 0.3) is 0 Å². The van der Waals surface area contributed by atoms with E-state index in [0.717, 1.165) is 14.5 Å². The zero-order valence-corrected chi connectivity index (χ0v) is 25.7. The molecule has 0 amide bonds. The number of rotatable bonds is 4. The number of para-hydroxylation sites is 4. The van der Waals surface area contributed by atoms with E-state index in [9.17, 15) is 8.22 Å². The Hall–Kier alpha value is -7.05. The van der Waals surface area contributed by atoms with Crippen LogP contribution >= 0.6 is 0 Å². The summed E-state index contributed by atoms with van der Waals surface area (Å²) >= 11 is 0. The van der Waals surface area contributed by atoms with E-state index in [1.165, 1.54) is 0 Å². The average Bonchev–Trinajstić information content (AvgIpc) is 4.05. The van der Waals surface area contributed by atoms with Gasteiger partial charge in [-0.15, -0.1) is 0 Å². The van der Waals surface area contributed by atoms with Gasteiger partial charge in [-0.2, -0.15) is 15.0 Å². The highest BCUT2D eigenvalue weighted by molar-refractivity contribution is 6.15. The maximum Gasteiger partial charge on any atom is 0.240 e. The fourth-order valence-corrected chi connectivity index (χ4v) is 6.51. The number of fused-ring (bicyclic) bond motifs is 9. The molecule has 4 aromatic heterocycles. The highest BCUT2D eigenvalue weighted by atomic mass is 16.3. The summed E-state index contributed by atoms with van der Waals surface area (Å²) in [4.78, 5) is 14.3. The molecule has 7 aromatic carbocycles. The van der Waals surface area contributed by atoms with E-state index >= 15 is 0 Å². The van der Waals surface area contributed by atoms with Crippen LogP contribution in [-0.4, -0.2) is 24.1 Å². The molecule has 0 atom stereocenters. The Kier molecular flexibility index (Phi) is 3.12. The number of hydrogen-bond acceptors (Lipinski definition) is 4. The summed E-state index contributed by atoms with van der Waals surface area (Å²) in [5.74, 6) is -1.43. The first kappa shape index (κ1) is 14.8. The van der Waals surface area contributed by atoms with E-state index in [2.05, 4.69) is 0 Å². The van der Waals surface area contributed by atoms with Crippen LogP contribution in [0.5, 0.6) is 0 Å². The summed E-state index contributed by atoms with van der Waals surface area (Å²) in [6, 6.07) is -3.27. The lowest BCUT2D eigenvalue weighted by Gasteiger charge is -2.13. The first-order chi connectivity index (χ1) is 33.6. The molecule has 0 radical (unpaired) electrons. The molecule has 238 valence electrons. The third kappa shape index (κ3) is 4.14. The number of nitrogens with zero attached hydrogens (tertiary/aromatic N) is 5. The van der Waals surface area contributed by atoms with Gasteiger partial charge in [0, 0.05) is 37.9 Å². The van der Waals surface area contributed by atoms with Crippen LogP contribution in [0.1, 0.15) is 27.4 Å². The first-order valence-electron chi connectivity index (χ1n) is 25.4. The molecule has 11 rings (SSSR count). The van der Waals surface area contributed by atoms with Crippen molar-refractivity contribution in [3.05, 3.63) is 163 Å². The third-order valence-electron chi connectivity index (χ3n) is 8.65. The molecule has 0 spiro atoms. The molecule has 0 aliphatic heterocycles. The van der Waals surface area contributed by atoms with E-state index in [-0.39, 0.29) is 22.2 Å². The van der Waals surface area contributed by atoms with E-state index < -0.39 is 177 Å². The minimum atomic E-state index is -0.863. The highest BCUT2D eigenvalue weighted by Gasteiger charge is 2.22. The molecule has 11 aromatic rings. The van der Waals surface area contributed by atoms with Crippen LogP contribution < -0.4 is 0 Å². The van der Waals surface area contributed by atoms with E-state index in [1.807, 2.05) is 12.1 Å². The summed E-state index contributed by atoms with van der Waals surface area (Å²) in [6.45, 7) is 0. The quantitative estimate of drug-likeness (QED) is 0.187. The minimum absolute atomic E-state index is 0.189. The van der Waals surface area contributed by atoms with Crippen molar-refractivity contribution in [2.45, 2.75) is 0 Å². The number of benzene rings is 7. The Morgan fingerprint density at radius 3 is 1.78 bits per heavy atom. The van der Waals surface area contributed by atoms with Gasteiger partial charge in [-0.05, 0) is 53.5 Å². The monoisotopic (exact) mass is 673 g/mol. The van der Waals surface area contributed by atoms with Gasteiger partial charge < -0.3 is 4.42 Å². The molecular formula is C45H27N5O. The lowest BCUT2D eigenvalue weighted by molar-refractivity contribution is 0.669. The first-order valence-corrected chi connectivity index (χ1v) is 15.4. The van der Waals surface area contributed by atoms with Gasteiger partial charge in [0.15, 0.2) is 5.82 Å². The third-order valence-corrected chi connectivity index (χ3v) is 8.65. The van der Waals surface area contributed by atoms with Crippen LogP contribution in [0, 0.1) is 0 Å².